The fourth-order valence-electron chi connectivity index (χ4n) is 3.11. The van der Waals surface area contributed by atoms with E-state index in [-0.39, 0.29) is 23.0 Å². The number of hydrogen-bond donors (Lipinski definition) is 4. The molecule has 0 amide bonds. The van der Waals surface area contributed by atoms with Crippen LogP contribution in [0.4, 0.5) is 17.3 Å². The van der Waals surface area contributed by atoms with Gasteiger partial charge in [-0.05, 0) is 29.7 Å². The molecule has 1 unspecified atom stereocenters. The first-order chi connectivity index (χ1) is 13.5. The fraction of sp³-hybridized carbons (Fsp3) is 0.158. The Bertz CT molecular complexity index is 1060. The zero-order chi connectivity index (χ0) is 20.3. The van der Waals surface area contributed by atoms with Gasteiger partial charge in [0.25, 0.3) is 0 Å². The molecule has 2 heterocycles. The van der Waals surface area contributed by atoms with Crippen molar-refractivity contribution in [1.29, 1.82) is 10.5 Å². The smallest absolute Gasteiger partial charge is 0.211 e. The van der Waals surface area contributed by atoms with Crippen molar-refractivity contribution < 1.29 is 4.74 Å². The Kier molecular flexibility index (Phi) is 5.01. The van der Waals surface area contributed by atoms with E-state index in [2.05, 4.69) is 27.2 Å². The van der Waals surface area contributed by atoms with Gasteiger partial charge in [-0.1, -0.05) is 12.1 Å². The van der Waals surface area contributed by atoms with Crippen LogP contribution in [-0.2, 0) is 6.42 Å². The van der Waals surface area contributed by atoms with Crippen molar-refractivity contribution in [2.45, 2.75) is 12.5 Å². The van der Waals surface area contributed by atoms with Gasteiger partial charge in [-0.2, -0.15) is 10.5 Å². The van der Waals surface area contributed by atoms with E-state index in [0.717, 1.165) is 16.9 Å². The molecule has 1 aliphatic heterocycles. The van der Waals surface area contributed by atoms with Crippen molar-refractivity contribution in [2.75, 3.05) is 23.9 Å². The number of nitrogens with zero attached hydrogens (tertiary/aromatic N) is 4. The lowest BCUT2D eigenvalue weighted by Crippen LogP contribution is -2.32. The van der Waals surface area contributed by atoms with Gasteiger partial charge in [0, 0.05) is 5.56 Å². The zero-order valence-electron chi connectivity index (χ0n) is 15.2. The van der Waals surface area contributed by atoms with Crippen LogP contribution in [0.1, 0.15) is 28.3 Å². The molecule has 1 aromatic heterocycles. The van der Waals surface area contributed by atoms with Crippen LogP contribution in [0.5, 0.6) is 5.75 Å². The molecule has 0 fully saturated rings. The summed E-state index contributed by atoms with van der Waals surface area (Å²) in [7, 11) is 1.60. The number of nitrogens with one attached hydrogen (secondary N) is 2. The lowest BCUT2D eigenvalue weighted by atomic mass is 9.93. The summed E-state index contributed by atoms with van der Waals surface area (Å²) in [6.07, 6.45) is 4.19. The van der Waals surface area contributed by atoms with Crippen molar-refractivity contribution in [2.24, 2.45) is 4.99 Å². The number of aliphatic imine (C=N–C) groups is 1. The zero-order valence-corrected chi connectivity index (χ0v) is 15.2. The van der Waals surface area contributed by atoms with Crippen molar-refractivity contribution in [3.8, 4) is 18.0 Å². The molecule has 0 bridgehead atoms. The largest absolute Gasteiger partial charge is 0.496 e. The van der Waals surface area contributed by atoms with Gasteiger partial charge in [0.05, 0.1) is 12.8 Å². The monoisotopic (exact) mass is 374 g/mol. The molecule has 2 aromatic rings. The average molecular weight is 374 g/mol. The number of pyridine rings is 1. The summed E-state index contributed by atoms with van der Waals surface area (Å²) in [5.74, 6) is 1.27. The summed E-state index contributed by atoms with van der Waals surface area (Å²) in [6.45, 7) is 3.77. The highest BCUT2D eigenvalue weighted by Crippen LogP contribution is 2.41. The molecule has 1 aromatic carbocycles. The highest BCUT2D eigenvalue weighted by molar-refractivity contribution is 5.98. The second-order valence-corrected chi connectivity index (χ2v) is 5.97. The van der Waals surface area contributed by atoms with E-state index in [1.807, 2.05) is 30.5 Å². The standard InChI is InChI=1S/C19H18N8O/c1-3-4-10-7-11(5-6-13(10)28-2)16-14-15(22)12(8-20)17(23)26-18(14)27-19(25-16)24-9-21/h3,5-7,16H,1,4H2,2H3,(H6,22,23,24,25,26,27). The number of fused-ring (bicyclic) bond motifs is 1. The third-order valence-corrected chi connectivity index (χ3v) is 4.34. The van der Waals surface area contributed by atoms with Crippen LogP contribution >= 0.6 is 0 Å². The van der Waals surface area contributed by atoms with Crippen molar-refractivity contribution in [3.63, 3.8) is 0 Å². The van der Waals surface area contributed by atoms with Crippen molar-refractivity contribution in [3.05, 3.63) is 53.1 Å². The predicted octanol–water partition coefficient (Wildman–Crippen LogP) is 1.80. The van der Waals surface area contributed by atoms with Crippen LogP contribution in [0.15, 0.2) is 35.8 Å². The second kappa shape index (κ2) is 7.56. The molecule has 1 aliphatic rings. The molecule has 28 heavy (non-hydrogen) atoms. The van der Waals surface area contributed by atoms with E-state index in [1.165, 1.54) is 0 Å². The van der Waals surface area contributed by atoms with E-state index in [1.54, 1.807) is 13.2 Å². The van der Waals surface area contributed by atoms with Gasteiger partial charge in [-0.3, -0.25) is 5.32 Å². The number of allylic oxidation sites excluding steroid dienone is 1. The number of rotatable bonds is 4. The van der Waals surface area contributed by atoms with Crippen molar-refractivity contribution >= 4 is 23.3 Å². The van der Waals surface area contributed by atoms with Crippen molar-refractivity contribution in [1.82, 2.24) is 10.3 Å². The molecule has 140 valence electrons. The van der Waals surface area contributed by atoms with Crippen LogP contribution in [0.2, 0.25) is 0 Å². The molecule has 0 radical (unpaired) electrons. The summed E-state index contributed by atoms with van der Waals surface area (Å²) in [6, 6.07) is 6.99. The van der Waals surface area contributed by atoms with E-state index < -0.39 is 6.04 Å². The van der Waals surface area contributed by atoms with E-state index >= 15 is 0 Å². The molecule has 0 saturated heterocycles. The summed E-state index contributed by atoms with van der Waals surface area (Å²) < 4.78 is 5.40. The number of nitriles is 2. The van der Waals surface area contributed by atoms with Gasteiger partial charge >= 0.3 is 0 Å². The topological polar surface area (TPSA) is 158 Å². The molecular weight excluding hydrogens is 356 g/mol. The van der Waals surface area contributed by atoms with Gasteiger partial charge in [-0.25, -0.2) is 9.98 Å². The SMILES string of the molecule is C=CCc1cc(C2N=C(NC#N)Nc3nc(N)c(C#N)c(N)c32)ccc1OC. The highest BCUT2D eigenvalue weighted by atomic mass is 16.5. The van der Waals surface area contributed by atoms with Gasteiger partial charge in [-0.15, -0.1) is 6.58 Å². The Morgan fingerprint density at radius 1 is 1.39 bits per heavy atom. The minimum atomic E-state index is -0.596. The minimum absolute atomic E-state index is 0.00489. The maximum atomic E-state index is 9.39. The molecule has 0 aliphatic carbocycles. The Morgan fingerprint density at radius 2 is 2.18 bits per heavy atom. The lowest BCUT2D eigenvalue weighted by Gasteiger charge is -2.26. The number of anilines is 3. The molecule has 3 rings (SSSR count). The maximum Gasteiger partial charge on any atom is 0.211 e. The van der Waals surface area contributed by atoms with E-state index in [9.17, 15) is 5.26 Å². The van der Waals surface area contributed by atoms with Gasteiger partial charge in [0.2, 0.25) is 5.96 Å². The molecule has 9 heteroatoms. The third kappa shape index (κ3) is 3.13. The normalized spacial score (nSPS) is 14.5. The number of hydrogen-bond acceptors (Lipinski definition) is 9. The molecule has 9 nitrogen and oxygen atoms in total. The molecular formula is C19H18N8O. The lowest BCUT2D eigenvalue weighted by molar-refractivity contribution is 0.410. The first-order valence-corrected chi connectivity index (χ1v) is 8.30. The van der Waals surface area contributed by atoms with E-state index in [4.69, 9.17) is 21.5 Å². The summed E-state index contributed by atoms with van der Waals surface area (Å²) in [5.41, 5.74) is 14.6. The first-order valence-electron chi connectivity index (χ1n) is 8.30. The first kappa shape index (κ1) is 18.5. The predicted molar refractivity (Wildman–Crippen MR) is 106 cm³/mol. The Balaban J connectivity index is 2.23. The van der Waals surface area contributed by atoms with Crippen LogP contribution in [0.3, 0.4) is 0 Å². The fourth-order valence-corrected chi connectivity index (χ4v) is 3.11. The highest BCUT2D eigenvalue weighted by Gasteiger charge is 2.30. The number of nitrogens with two attached hydrogens (primary N) is 2. The van der Waals surface area contributed by atoms with Gasteiger partial charge < -0.3 is 21.5 Å². The maximum absolute atomic E-state index is 9.39. The Hall–Kier alpha value is -4.24. The second-order valence-electron chi connectivity index (χ2n) is 5.97. The van der Waals surface area contributed by atoms with Crippen LogP contribution in [0.25, 0.3) is 0 Å². The number of aromatic nitrogens is 1. The molecule has 6 N–H and O–H groups in total. The third-order valence-electron chi connectivity index (χ3n) is 4.34. The summed E-state index contributed by atoms with van der Waals surface area (Å²) in [4.78, 5) is 8.78. The van der Waals surface area contributed by atoms with Gasteiger partial charge in [0.1, 0.15) is 35.1 Å². The average Bonchev–Trinajstić information content (AvgIpc) is 2.68. The number of guanidine groups is 1. The summed E-state index contributed by atoms with van der Waals surface area (Å²) in [5, 5.41) is 23.7. The van der Waals surface area contributed by atoms with Crippen LogP contribution < -0.4 is 26.8 Å². The van der Waals surface area contributed by atoms with E-state index in [0.29, 0.717) is 17.8 Å². The minimum Gasteiger partial charge on any atom is -0.496 e. The Labute approximate surface area is 162 Å². The number of benzene rings is 1. The molecule has 0 spiro atoms. The van der Waals surface area contributed by atoms with Gasteiger partial charge in [0.15, 0.2) is 6.19 Å². The Morgan fingerprint density at radius 3 is 2.82 bits per heavy atom. The van der Waals surface area contributed by atoms with Crippen LogP contribution in [0, 0.1) is 22.8 Å². The number of methoxy groups -OCH3 is 1. The molecule has 1 atom stereocenters. The molecule has 0 saturated carbocycles. The number of ether oxygens (including phenoxy) is 1. The number of nitrogen functional groups attached to an aromatic ring is 2. The summed E-state index contributed by atoms with van der Waals surface area (Å²) >= 11 is 0. The van der Waals surface area contributed by atoms with Crippen LogP contribution in [-0.4, -0.2) is 18.1 Å². The quantitative estimate of drug-likeness (QED) is 0.358.